The van der Waals surface area contributed by atoms with Gasteiger partial charge in [0, 0.05) is 19.7 Å². The van der Waals surface area contributed by atoms with Crippen LogP contribution in [-0.2, 0) is 20.7 Å². The van der Waals surface area contributed by atoms with Gasteiger partial charge in [0.25, 0.3) is 0 Å². The predicted octanol–water partition coefficient (Wildman–Crippen LogP) is 2.83. The van der Waals surface area contributed by atoms with Gasteiger partial charge in [-0.3, -0.25) is 9.20 Å². The lowest BCUT2D eigenvalue weighted by molar-refractivity contribution is -0.157. The molecule has 1 aromatic carbocycles. The van der Waals surface area contributed by atoms with Gasteiger partial charge in [-0.05, 0) is 42.3 Å². The van der Waals surface area contributed by atoms with Gasteiger partial charge in [0.1, 0.15) is 24.2 Å². The Morgan fingerprint density at radius 1 is 1.38 bits per heavy atom. The number of hydrogen-bond acceptors (Lipinski definition) is 6. The number of nitrogens with zero attached hydrogens (tertiary/aromatic N) is 2. The molecule has 0 saturated carbocycles. The molecule has 0 radical (unpaired) electrons. The summed E-state index contributed by atoms with van der Waals surface area (Å²) in [4.78, 5) is 27.8. The minimum atomic E-state index is -0.644. The van der Waals surface area contributed by atoms with Crippen molar-refractivity contribution in [2.45, 2.75) is 25.6 Å². The molecule has 0 aliphatic heterocycles. The number of benzene rings is 1. The number of ether oxygens (including phenoxy) is 3. The lowest BCUT2D eigenvalue weighted by Crippen LogP contribution is -2.28. The van der Waals surface area contributed by atoms with Gasteiger partial charge in [0.2, 0.25) is 0 Å². The van der Waals surface area contributed by atoms with Crippen LogP contribution in [0.2, 0.25) is 0 Å². The van der Waals surface area contributed by atoms with Gasteiger partial charge in [0.15, 0.2) is 23.8 Å². The summed E-state index contributed by atoms with van der Waals surface area (Å²) < 4.78 is 31.9. The molecule has 0 amide bonds. The highest BCUT2D eigenvalue weighted by molar-refractivity contribution is 5.77. The Balaban J connectivity index is 1.72. The first-order valence-corrected chi connectivity index (χ1v) is 9.08. The zero-order valence-electron chi connectivity index (χ0n) is 15.9. The highest BCUT2D eigenvalue weighted by Gasteiger charge is 2.38. The predicted molar refractivity (Wildman–Crippen MR) is 101 cm³/mol. The molecular formula is C21H19FN2O5. The quantitative estimate of drug-likeness (QED) is 0.469. The molecule has 150 valence electrons. The van der Waals surface area contributed by atoms with Crippen molar-refractivity contribution in [2.24, 2.45) is 0 Å². The number of pyridine rings is 1. The highest BCUT2D eigenvalue weighted by Crippen LogP contribution is 2.38. The van der Waals surface area contributed by atoms with Crippen molar-refractivity contribution in [1.29, 1.82) is 0 Å². The van der Waals surface area contributed by atoms with Crippen LogP contribution in [0.5, 0.6) is 5.75 Å². The monoisotopic (exact) mass is 398 g/mol. The van der Waals surface area contributed by atoms with E-state index >= 15 is 0 Å². The SMILES string of the molecule is COCC(=O)O[C@@H]1Cc2cc(F)ccc2[C@H]1Oc1cccn2c(C=O)c(C)nc12. The van der Waals surface area contributed by atoms with Gasteiger partial charge in [-0.1, -0.05) is 6.07 Å². The number of methoxy groups -OCH3 is 1. The molecule has 0 spiro atoms. The van der Waals surface area contributed by atoms with Crippen LogP contribution in [0.15, 0.2) is 36.5 Å². The van der Waals surface area contributed by atoms with Crippen LogP contribution in [-0.4, -0.2) is 41.5 Å². The lowest BCUT2D eigenvalue weighted by atomic mass is 10.1. The Labute approximate surface area is 166 Å². The summed E-state index contributed by atoms with van der Waals surface area (Å²) in [5.74, 6) is -0.468. The van der Waals surface area contributed by atoms with Gasteiger partial charge >= 0.3 is 5.97 Å². The Morgan fingerprint density at radius 2 is 2.21 bits per heavy atom. The van der Waals surface area contributed by atoms with E-state index < -0.39 is 18.2 Å². The average molecular weight is 398 g/mol. The van der Waals surface area contributed by atoms with Crippen LogP contribution in [0, 0.1) is 12.7 Å². The molecule has 0 N–H and O–H groups in total. The van der Waals surface area contributed by atoms with Crippen molar-refractivity contribution >= 4 is 17.9 Å². The van der Waals surface area contributed by atoms with E-state index in [1.54, 1.807) is 35.7 Å². The molecule has 8 heteroatoms. The summed E-state index contributed by atoms with van der Waals surface area (Å²) in [6, 6.07) is 7.86. The number of esters is 1. The van der Waals surface area contributed by atoms with Crippen LogP contribution in [0.4, 0.5) is 4.39 Å². The first kappa shape index (κ1) is 19.1. The number of fused-ring (bicyclic) bond motifs is 2. The number of rotatable bonds is 6. The van der Waals surface area contributed by atoms with E-state index in [4.69, 9.17) is 14.2 Å². The second kappa shape index (κ2) is 7.63. The fourth-order valence-electron chi connectivity index (χ4n) is 3.66. The zero-order valence-corrected chi connectivity index (χ0v) is 15.9. The molecule has 0 saturated heterocycles. The summed E-state index contributed by atoms with van der Waals surface area (Å²) in [5, 5.41) is 0. The number of aryl methyl sites for hydroxylation is 1. The topological polar surface area (TPSA) is 79.1 Å². The van der Waals surface area contributed by atoms with E-state index in [1.807, 2.05) is 0 Å². The molecule has 4 rings (SSSR count). The third-order valence-corrected chi connectivity index (χ3v) is 4.92. The van der Waals surface area contributed by atoms with Crippen LogP contribution >= 0.6 is 0 Å². The minimum Gasteiger partial charge on any atom is -0.478 e. The largest absolute Gasteiger partial charge is 0.478 e. The Kier molecular flexibility index (Phi) is 5.02. The maximum atomic E-state index is 13.7. The van der Waals surface area contributed by atoms with Crippen LogP contribution in [0.3, 0.4) is 0 Å². The smallest absolute Gasteiger partial charge is 0.332 e. The number of carbonyl (C=O) groups excluding carboxylic acids is 2. The summed E-state index contributed by atoms with van der Waals surface area (Å²) in [6.07, 6.45) is 1.50. The van der Waals surface area contributed by atoms with Crippen molar-refractivity contribution < 1.29 is 28.2 Å². The Morgan fingerprint density at radius 3 is 2.97 bits per heavy atom. The summed E-state index contributed by atoms with van der Waals surface area (Å²) in [7, 11) is 1.40. The Bertz CT molecular complexity index is 1090. The van der Waals surface area contributed by atoms with Crippen LogP contribution in [0.1, 0.15) is 33.4 Å². The average Bonchev–Trinajstić information content (AvgIpc) is 3.18. The number of aromatic nitrogens is 2. The second-order valence-corrected chi connectivity index (χ2v) is 6.81. The second-order valence-electron chi connectivity index (χ2n) is 6.81. The third-order valence-electron chi connectivity index (χ3n) is 4.92. The number of halogens is 1. The molecule has 2 aromatic heterocycles. The van der Waals surface area contributed by atoms with Gasteiger partial charge in [0.05, 0.1) is 5.69 Å². The van der Waals surface area contributed by atoms with E-state index in [-0.39, 0.29) is 12.4 Å². The molecule has 0 fully saturated rings. The summed E-state index contributed by atoms with van der Waals surface area (Å²) in [5.41, 5.74) is 2.94. The molecule has 7 nitrogen and oxygen atoms in total. The summed E-state index contributed by atoms with van der Waals surface area (Å²) >= 11 is 0. The van der Waals surface area contributed by atoms with Gasteiger partial charge in [-0.25, -0.2) is 14.2 Å². The van der Waals surface area contributed by atoms with E-state index in [2.05, 4.69) is 4.98 Å². The highest BCUT2D eigenvalue weighted by atomic mass is 19.1. The van der Waals surface area contributed by atoms with E-state index in [0.29, 0.717) is 34.8 Å². The minimum absolute atomic E-state index is 0.189. The standard InChI is InChI=1S/C21H19FN2O5/c1-12-16(10-25)24-7-3-4-17(21(24)23-12)29-20-15-6-5-14(22)8-13(15)9-18(20)28-19(26)11-27-2/h3-8,10,18,20H,9,11H2,1-2H3/t18-,20-/m1/s1. The van der Waals surface area contributed by atoms with Crippen molar-refractivity contribution in [3.05, 3.63) is 64.9 Å². The zero-order chi connectivity index (χ0) is 20.5. The molecule has 1 aliphatic rings. The fraction of sp³-hybridized carbons (Fsp3) is 0.286. The Hall–Kier alpha value is -3.26. The lowest BCUT2D eigenvalue weighted by Gasteiger charge is -2.22. The van der Waals surface area contributed by atoms with Crippen molar-refractivity contribution in [3.8, 4) is 5.75 Å². The van der Waals surface area contributed by atoms with E-state index in [1.165, 1.54) is 19.2 Å². The summed E-state index contributed by atoms with van der Waals surface area (Å²) in [6.45, 7) is 1.55. The molecule has 29 heavy (non-hydrogen) atoms. The fourth-order valence-corrected chi connectivity index (χ4v) is 3.66. The maximum absolute atomic E-state index is 13.7. The number of imidazole rings is 1. The molecule has 2 heterocycles. The first-order chi connectivity index (χ1) is 14.0. The van der Waals surface area contributed by atoms with Crippen LogP contribution < -0.4 is 4.74 Å². The van der Waals surface area contributed by atoms with E-state index in [9.17, 15) is 14.0 Å². The molecule has 0 bridgehead atoms. The number of aldehydes is 1. The van der Waals surface area contributed by atoms with Crippen molar-refractivity contribution in [2.75, 3.05) is 13.7 Å². The van der Waals surface area contributed by atoms with Crippen molar-refractivity contribution in [3.63, 3.8) is 0 Å². The van der Waals surface area contributed by atoms with Gasteiger partial charge in [-0.2, -0.15) is 0 Å². The van der Waals surface area contributed by atoms with Crippen molar-refractivity contribution in [1.82, 2.24) is 9.38 Å². The molecular weight excluding hydrogens is 379 g/mol. The van der Waals surface area contributed by atoms with E-state index in [0.717, 1.165) is 11.8 Å². The maximum Gasteiger partial charge on any atom is 0.332 e. The molecule has 2 atom stereocenters. The number of carbonyl (C=O) groups is 2. The van der Waals surface area contributed by atoms with Gasteiger partial charge in [-0.15, -0.1) is 0 Å². The first-order valence-electron chi connectivity index (χ1n) is 9.08. The van der Waals surface area contributed by atoms with Gasteiger partial charge < -0.3 is 14.2 Å². The van der Waals surface area contributed by atoms with Crippen LogP contribution in [0.25, 0.3) is 5.65 Å². The molecule has 0 unspecified atom stereocenters. The molecule has 1 aliphatic carbocycles. The molecule has 3 aromatic rings. The number of hydrogen-bond donors (Lipinski definition) is 0. The third kappa shape index (κ3) is 3.47. The normalized spacial score (nSPS) is 17.9.